The van der Waals surface area contributed by atoms with Gasteiger partial charge >= 0.3 is 0 Å². The summed E-state index contributed by atoms with van der Waals surface area (Å²) in [6.45, 7) is 5.97. The number of rotatable bonds is 5. The highest BCUT2D eigenvalue weighted by atomic mass is 16.1. The second-order valence-corrected chi connectivity index (χ2v) is 4.63. The molecule has 3 heteroatoms. The van der Waals surface area contributed by atoms with Crippen molar-refractivity contribution in [2.24, 2.45) is 0 Å². The van der Waals surface area contributed by atoms with Gasteiger partial charge in [-0.15, -0.1) is 12.3 Å². The summed E-state index contributed by atoms with van der Waals surface area (Å²) in [7, 11) is 0. The molecule has 3 nitrogen and oxygen atoms in total. The van der Waals surface area contributed by atoms with Gasteiger partial charge in [-0.3, -0.25) is 4.79 Å². The molecule has 0 fully saturated rings. The molecule has 0 saturated heterocycles. The van der Waals surface area contributed by atoms with E-state index in [9.17, 15) is 4.79 Å². The van der Waals surface area contributed by atoms with Gasteiger partial charge in [-0.05, 0) is 32.9 Å². The molecule has 0 aliphatic rings. The molecule has 0 aliphatic carbocycles. The van der Waals surface area contributed by atoms with Crippen LogP contribution in [0.25, 0.3) is 0 Å². The molecule has 2 N–H and O–H groups in total. The molecule has 1 atom stereocenters. The van der Waals surface area contributed by atoms with Crippen molar-refractivity contribution in [1.29, 1.82) is 0 Å². The summed E-state index contributed by atoms with van der Waals surface area (Å²) in [6.07, 6.45) is 5.76. The number of hydrogen-bond acceptors (Lipinski definition) is 2. The van der Waals surface area contributed by atoms with Gasteiger partial charge in [-0.25, -0.2) is 0 Å². The van der Waals surface area contributed by atoms with E-state index in [4.69, 9.17) is 6.42 Å². The lowest BCUT2D eigenvalue weighted by molar-refractivity contribution is 0.0941. The van der Waals surface area contributed by atoms with E-state index in [-0.39, 0.29) is 18.0 Å². The normalized spacial score (nSPS) is 11.7. The number of para-hydroxylation sites is 1. The number of benzene rings is 1. The Morgan fingerprint density at radius 2 is 2.00 bits per heavy atom. The van der Waals surface area contributed by atoms with Crippen LogP contribution in [0.5, 0.6) is 0 Å². The van der Waals surface area contributed by atoms with E-state index in [0.29, 0.717) is 12.0 Å². The molecular weight excluding hydrogens is 224 g/mol. The predicted octanol–water partition coefficient (Wildman–Crippen LogP) is 2.65. The third-order valence-corrected chi connectivity index (χ3v) is 2.42. The van der Waals surface area contributed by atoms with Crippen molar-refractivity contribution in [1.82, 2.24) is 5.32 Å². The molecule has 0 aromatic heterocycles. The van der Waals surface area contributed by atoms with Crippen LogP contribution in [0.3, 0.4) is 0 Å². The Morgan fingerprint density at radius 1 is 1.33 bits per heavy atom. The lowest BCUT2D eigenvalue weighted by atomic mass is 10.1. The van der Waals surface area contributed by atoms with Crippen molar-refractivity contribution < 1.29 is 4.79 Å². The van der Waals surface area contributed by atoms with Crippen molar-refractivity contribution in [3.63, 3.8) is 0 Å². The second-order valence-electron chi connectivity index (χ2n) is 4.63. The van der Waals surface area contributed by atoms with E-state index in [2.05, 4.69) is 16.6 Å². The zero-order chi connectivity index (χ0) is 13.5. The third kappa shape index (κ3) is 4.14. The lowest BCUT2D eigenvalue weighted by Crippen LogP contribution is -2.32. The van der Waals surface area contributed by atoms with Crippen LogP contribution in [0.4, 0.5) is 5.69 Å². The number of carbonyl (C=O) groups is 1. The van der Waals surface area contributed by atoms with Gasteiger partial charge in [0, 0.05) is 24.2 Å². The molecule has 0 saturated carbocycles. The summed E-state index contributed by atoms with van der Waals surface area (Å²) >= 11 is 0. The molecule has 1 aromatic carbocycles. The maximum Gasteiger partial charge on any atom is 0.253 e. The molecule has 0 spiro atoms. The first-order valence-corrected chi connectivity index (χ1v) is 6.14. The van der Waals surface area contributed by atoms with Gasteiger partial charge in [-0.1, -0.05) is 12.1 Å². The Labute approximate surface area is 109 Å². The maximum atomic E-state index is 12.1. The van der Waals surface area contributed by atoms with Gasteiger partial charge < -0.3 is 10.6 Å². The fourth-order valence-corrected chi connectivity index (χ4v) is 1.65. The molecule has 18 heavy (non-hydrogen) atoms. The Balaban J connectivity index is 2.82. The van der Waals surface area contributed by atoms with Crippen molar-refractivity contribution in [2.75, 3.05) is 5.32 Å². The molecule has 1 rings (SSSR count). The summed E-state index contributed by atoms with van der Waals surface area (Å²) < 4.78 is 0. The standard InChI is InChI=1S/C15H20N2O/c1-5-8-12(4)17-15(18)13-9-6-7-10-14(13)16-11(2)3/h1,6-7,9-12,16H,8H2,2-4H3,(H,17,18). The lowest BCUT2D eigenvalue weighted by Gasteiger charge is -2.16. The van der Waals surface area contributed by atoms with Crippen LogP contribution in [0.2, 0.25) is 0 Å². The average molecular weight is 244 g/mol. The minimum atomic E-state index is -0.0958. The number of terminal acetylenes is 1. The zero-order valence-corrected chi connectivity index (χ0v) is 11.2. The first kappa shape index (κ1) is 14.1. The smallest absolute Gasteiger partial charge is 0.253 e. The molecule has 0 radical (unpaired) electrons. The number of anilines is 1. The Bertz CT molecular complexity index is 446. The molecular formula is C15H20N2O. The van der Waals surface area contributed by atoms with E-state index in [1.165, 1.54) is 0 Å². The molecule has 1 aromatic rings. The predicted molar refractivity (Wildman–Crippen MR) is 75.6 cm³/mol. The van der Waals surface area contributed by atoms with Crippen molar-refractivity contribution in [3.05, 3.63) is 29.8 Å². The van der Waals surface area contributed by atoms with Crippen LogP contribution in [0.1, 0.15) is 37.6 Å². The van der Waals surface area contributed by atoms with Gasteiger partial charge in [0.25, 0.3) is 5.91 Å². The highest BCUT2D eigenvalue weighted by Crippen LogP contribution is 2.16. The largest absolute Gasteiger partial charge is 0.382 e. The van der Waals surface area contributed by atoms with E-state index in [0.717, 1.165) is 5.69 Å². The van der Waals surface area contributed by atoms with E-state index >= 15 is 0 Å². The van der Waals surface area contributed by atoms with Gasteiger partial charge in [-0.2, -0.15) is 0 Å². The van der Waals surface area contributed by atoms with Crippen molar-refractivity contribution >= 4 is 11.6 Å². The summed E-state index contributed by atoms with van der Waals surface area (Å²) in [5, 5.41) is 6.15. The molecule has 0 heterocycles. The van der Waals surface area contributed by atoms with Crippen LogP contribution in [-0.4, -0.2) is 18.0 Å². The number of nitrogens with one attached hydrogen (secondary N) is 2. The minimum absolute atomic E-state index is 0.0189. The topological polar surface area (TPSA) is 41.1 Å². The molecule has 0 bridgehead atoms. The van der Waals surface area contributed by atoms with Crippen LogP contribution in [0, 0.1) is 12.3 Å². The third-order valence-electron chi connectivity index (χ3n) is 2.42. The molecule has 1 unspecified atom stereocenters. The fraction of sp³-hybridized carbons (Fsp3) is 0.400. The van der Waals surface area contributed by atoms with Gasteiger partial charge in [0.15, 0.2) is 0 Å². The first-order valence-electron chi connectivity index (χ1n) is 6.14. The zero-order valence-electron chi connectivity index (χ0n) is 11.2. The first-order chi connectivity index (χ1) is 8.54. The van der Waals surface area contributed by atoms with Gasteiger partial charge in [0.1, 0.15) is 0 Å². The van der Waals surface area contributed by atoms with Crippen molar-refractivity contribution in [2.45, 2.75) is 39.3 Å². The Kier molecular flexibility index (Phi) is 5.26. The highest BCUT2D eigenvalue weighted by molar-refractivity contribution is 5.99. The van der Waals surface area contributed by atoms with E-state index < -0.39 is 0 Å². The quantitative estimate of drug-likeness (QED) is 0.782. The highest BCUT2D eigenvalue weighted by Gasteiger charge is 2.13. The fourth-order valence-electron chi connectivity index (χ4n) is 1.65. The number of carbonyl (C=O) groups excluding carboxylic acids is 1. The van der Waals surface area contributed by atoms with E-state index in [1.54, 1.807) is 0 Å². The van der Waals surface area contributed by atoms with Crippen LogP contribution in [0.15, 0.2) is 24.3 Å². The monoisotopic (exact) mass is 244 g/mol. The summed E-state index contributed by atoms with van der Waals surface area (Å²) in [5.74, 6) is 2.44. The van der Waals surface area contributed by atoms with Crippen LogP contribution < -0.4 is 10.6 Å². The number of hydrogen-bond donors (Lipinski definition) is 2. The van der Waals surface area contributed by atoms with Crippen molar-refractivity contribution in [3.8, 4) is 12.3 Å². The van der Waals surface area contributed by atoms with Gasteiger partial charge in [0.05, 0.1) is 5.56 Å². The maximum absolute atomic E-state index is 12.1. The summed E-state index contributed by atoms with van der Waals surface area (Å²) in [6, 6.07) is 7.74. The number of amides is 1. The molecule has 0 aliphatic heterocycles. The Hall–Kier alpha value is -1.95. The average Bonchev–Trinajstić information content (AvgIpc) is 2.28. The minimum Gasteiger partial charge on any atom is -0.382 e. The summed E-state index contributed by atoms with van der Waals surface area (Å²) in [5.41, 5.74) is 1.49. The van der Waals surface area contributed by atoms with Crippen LogP contribution >= 0.6 is 0 Å². The molecule has 96 valence electrons. The Morgan fingerprint density at radius 3 is 2.61 bits per heavy atom. The SMILES string of the molecule is C#CCC(C)NC(=O)c1ccccc1NC(C)C. The van der Waals surface area contributed by atoms with E-state index in [1.807, 2.05) is 45.0 Å². The van der Waals surface area contributed by atoms with Gasteiger partial charge in [0.2, 0.25) is 0 Å². The second kappa shape index (κ2) is 6.70. The van der Waals surface area contributed by atoms with Crippen LogP contribution in [-0.2, 0) is 0 Å². The summed E-state index contributed by atoms with van der Waals surface area (Å²) in [4.78, 5) is 12.1. The molecule has 1 amide bonds.